The number of nitrogens with one attached hydrogen (secondary N) is 1. The zero-order valence-electron chi connectivity index (χ0n) is 9.68. The lowest BCUT2D eigenvalue weighted by atomic mass is 10.1. The molecule has 0 fully saturated rings. The molecule has 18 heavy (non-hydrogen) atoms. The number of aryl methyl sites for hydroxylation is 1. The van der Waals surface area contributed by atoms with Crippen molar-refractivity contribution in [2.75, 3.05) is 0 Å². The summed E-state index contributed by atoms with van der Waals surface area (Å²) in [5.74, 6) is -1.32. The Morgan fingerprint density at radius 3 is 2.61 bits per heavy atom. The van der Waals surface area contributed by atoms with Crippen molar-refractivity contribution in [3.8, 4) is 5.95 Å². The second-order valence-corrected chi connectivity index (χ2v) is 4.00. The standard InChI is InChI=1S/C13H13NO4/c15-10(7-6-9-4-2-1-3-5-9)8-11-12(16)18-13(17)14-11/h1-5,16H,6-8H2,(H,14,17). The summed E-state index contributed by atoms with van der Waals surface area (Å²) in [5, 5.41) is 9.22. The third-order valence-electron chi connectivity index (χ3n) is 2.61. The van der Waals surface area contributed by atoms with Gasteiger partial charge in [-0.05, 0) is 12.0 Å². The summed E-state index contributed by atoms with van der Waals surface area (Å²) in [5.41, 5.74) is 1.22. The molecule has 0 saturated carbocycles. The van der Waals surface area contributed by atoms with Gasteiger partial charge >= 0.3 is 11.7 Å². The lowest BCUT2D eigenvalue weighted by molar-refractivity contribution is -0.118. The average molecular weight is 247 g/mol. The number of carbonyl (C=O) groups is 1. The summed E-state index contributed by atoms with van der Waals surface area (Å²) in [4.78, 5) is 24.7. The zero-order valence-corrected chi connectivity index (χ0v) is 9.68. The maximum absolute atomic E-state index is 11.7. The molecule has 0 radical (unpaired) electrons. The molecule has 0 bridgehead atoms. The molecule has 5 nitrogen and oxygen atoms in total. The number of rotatable bonds is 5. The molecule has 1 heterocycles. The third kappa shape index (κ3) is 3.10. The van der Waals surface area contributed by atoms with Crippen molar-refractivity contribution in [1.82, 2.24) is 4.98 Å². The third-order valence-corrected chi connectivity index (χ3v) is 2.61. The van der Waals surface area contributed by atoms with Crippen molar-refractivity contribution in [2.45, 2.75) is 19.3 Å². The SMILES string of the molecule is O=C(CCc1ccccc1)Cc1[nH]c(=O)oc1O. The van der Waals surface area contributed by atoms with E-state index in [9.17, 15) is 14.7 Å². The fourth-order valence-electron chi connectivity index (χ4n) is 1.69. The van der Waals surface area contributed by atoms with Crippen LogP contribution >= 0.6 is 0 Å². The molecule has 1 aromatic heterocycles. The van der Waals surface area contributed by atoms with Crippen LogP contribution in [0.15, 0.2) is 39.5 Å². The largest absolute Gasteiger partial charge is 0.479 e. The Labute approximate surface area is 103 Å². The highest BCUT2D eigenvalue weighted by molar-refractivity contribution is 5.81. The first kappa shape index (κ1) is 12.2. The first-order chi connectivity index (χ1) is 8.65. The van der Waals surface area contributed by atoms with E-state index in [4.69, 9.17) is 0 Å². The minimum Gasteiger partial charge on any atom is -0.479 e. The van der Waals surface area contributed by atoms with E-state index in [0.29, 0.717) is 12.8 Å². The number of carbonyl (C=O) groups excluding carboxylic acids is 1. The molecule has 0 atom stereocenters. The Bertz CT molecular complexity index is 583. The van der Waals surface area contributed by atoms with Crippen molar-refractivity contribution in [3.05, 3.63) is 52.1 Å². The van der Waals surface area contributed by atoms with Crippen molar-refractivity contribution < 1.29 is 14.3 Å². The van der Waals surface area contributed by atoms with Gasteiger partial charge in [0.15, 0.2) is 0 Å². The maximum atomic E-state index is 11.7. The lowest BCUT2D eigenvalue weighted by Gasteiger charge is -2.00. The maximum Gasteiger partial charge on any atom is 0.419 e. The molecule has 2 rings (SSSR count). The summed E-state index contributed by atoms with van der Waals surface area (Å²) in [6, 6.07) is 9.65. The molecule has 0 saturated heterocycles. The van der Waals surface area contributed by atoms with E-state index in [-0.39, 0.29) is 17.9 Å². The summed E-state index contributed by atoms with van der Waals surface area (Å²) >= 11 is 0. The lowest BCUT2D eigenvalue weighted by Crippen LogP contribution is -2.06. The van der Waals surface area contributed by atoms with Crippen molar-refractivity contribution in [3.63, 3.8) is 0 Å². The van der Waals surface area contributed by atoms with Crippen molar-refractivity contribution in [2.24, 2.45) is 0 Å². The Morgan fingerprint density at radius 1 is 1.28 bits per heavy atom. The molecule has 0 aliphatic heterocycles. The number of benzene rings is 1. The minimum absolute atomic E-state index is 0.0234. The van der Waals surface area contributed by atoms with Crippen LogP contribution in [0.25, 0.3) is 0 Å². The van der Waals surface area contributed by atoms with Gasteiger partial charge in [-0.15, -0.1) is 0 Å². The molecule has 1 aromatic carbocycles. The van der Waals surface area contributed by atoms with Crippen LogP contribution in [-0.4, -0.2) is 15.9 Å². The number of aromatic amines is 1. The molecule has 0 unspecified atom stereocenters. The Hall–Kier alpha value is -2.30. The fourth-order valence-corrected chi connectivity index (χ4v) is 1.69. The van der Waals surface area contributed by atoms with Crippen LogP contribution < -0.4 is 5.76 Å². The quantitative estimate of drug-likeness (QED) is 0.836. The predicted octanol–water partition coefficient (Wildman–Crippen LogP) is 1.42. The molecular weight excluding hydrogens is 234 g/mol. The topological polar surface area (TPSA) is 83.3 Å². The summed E-state index contributed by atoms with van der Waals surface area (Å²) in [6.07, 6.45) is 0.976. The Morgan fingerprint density at radius 2 is 2.00 bits per heavy atom. The van der Waals surface area contributed by atoms with Crippen LogP contribution in [0.2, 0.25) is 0 Å². The van der Waals surface area contributed by atoms with Crippen LogP contribution in [0.1, 0.15) is 17.7 Å². The van der Waals surface area contributed by atoms with Crippen LogP contribution in [0.5, 0.6) is 5.95 Å². The Kier molecular flexibility index (Phi) is 3.62. The van der Waals surface area contributed by atoms with Gasteiger partial charge in [-0.3, -0.25) is 9.78 Å². The monoisotopic (exact) mass is 247 g/mol. The van der Waals surface area contributed by atoms with E-state index in [1.54, 1.807) is 0 Å². The van der Waals surface area contributed by atoms with Gasteiger partial charge in [0.05, 0.1) is 6.42 Å². The number of H-pyrrole nitrogens is 1. The molecule has 0 spiro atoms. The van der Waals surface area contributed by atoms with E-state index in [1.807, 2.05) is 30.3 Å². The second-order valence-electron chi connectivity index (χ2n) is 4.00. The highest BCUT2D eigenvalue weighted by Crippen LogP contribution is 2.13. The van der Waals surface area contributed by atoms with E-state index < -0.39 is 11.7 Å². The smallest absolute Gasteiger partial charge is 0.419 e. The van der Waals surface area contributed by atoms with Gasteiger partial charge in [-0.25, -0.2) is 4.79 Å². The highest BCUT2D eigenvalue weighted by atomic mass is 16.5. The number of aromatic nitrogens is 1. The minimum atomic E-state index is -0.752. The number of hydrogen-bond acceptors (Lipinski definition) is 4. The van der Waals surface area contributed by atoms with E-state index in [0.717, 1.165) is 5.56 Å². The van der Waals surface area contributed by atoms with Gasteiger partial charge in [-0.2, -0.15) is 0 Å². The van der Waals surface area contributed by atoms with Gasteiger partial charge in [0.25, 0.3) is 0 Å². The second kappa shape index (κ2) is 5.35. The van der Waals surface area contributed by atoms with Gasteiger partial charge in [0, 0.05) is 6.42 Å². The van der Waals surface area contributed by atoms with Crippen LogP contribution in [0, 0.1) is 0 Å². The normalized spacial score (nSPS) is 10.4. The van der Waals surface area contributed by atoms with Gasteiger partial charge in [-0.1, -0.05) is 30.3 Å². The molecule has 0 amide bonds. The van der Waals surface area contributed by atoms with Gasteiger partial charge < -0.3 is 9.52 Å². The first-order valence-electron chi connectivity index (χ1n) is 5.62. The summed E-state index contributed by atoms with van der Waals surface area (Å²) < 4.78 is 4.37. The molecule has 2 aromatic rings. The Balaban J connectivity index is 1.90. The van der Waals surface area contributed by atoms with E-state index in [2.05, 4.69) is 9.40 Å². The molecule has 5 heteroatoms. The molecular formula is C13H13NO4. The van der Waals surface area contributed by atoms with Gasteiger partial charge in [0.1, 0.15) is 11.5 Å². The molecule has 0 aliphatic rings. The number of aromatic hydroxyl groups is 1. The summed E-state index contributed by atoms with van der Waals surface area (Å²) in [7, 11) is 0. The molecule has 0 aliphatic carbocycles. The average Bonchev–Trinajstić information content (AvgIpc) is 2.67. The zero-order chi connectivity index (χ0) is 13.0. The fraction of sp³-hybridized carbons (Fsp3) is 0.231. The van der Waals surface area contributed by atoms with Crippen molar-refractivity contribution >= 4 is 5.78 Å². The van der Waals surface area contributed by atoms with Gasteiger partial charge in [0.2, 0.25) is 0 Å². The van der Waals surface area contributed by atoms with E-state index >= 15 is 0 Å². The number of ketones is 1. The number of hydrogen-bond donors (Lipinski definition) is 2. The van der Waals surface area contributed by atoms with Crippen LogP contribution in [0.4, 0.5) is 0 Å². The predicted molar refractivity (Wildman–Crippen MR) is 64.5 cm³/mol. The number of Topliss-reactive ketones (excluding diaryl/α,β-unsaturated/α-hetero) is 1. The first-order valence-corrected chi connectivity index (χ1v) is 5.62. The molecule has 94 valence electrons. The van der Waals surface area contributed by atoms with Crippen LogP contribution in [-0.2, 0) is 17.6 Å². The summed E-state index contributed by atoms with van der Waals surface area (Å²) in [6.45, 7) is 0. The van der Waals surface area contributed by atoms with Crippen LogP contribution in [0.3, 0.4) is 0 Å². The highest BCUT2D eigenvalue weighted by Gasteiger charge is 2.12. The van der Waals surface area contributed by atoms with E-state index in [1.165, 1.54) is 0 Å². The number of oxazole rings is 1. The molecule has 2 N–H and O–H groups in total. The van der Waals surface area contributed by atoms with Crippen molar-refractivity contribution in [1.29, 1.82) is 0 Å².